The maximum Gasteiger partial charge on any atom is 0.164 e. The molecule has 1 aromatic rings. The third-order valence-electron chi connectivity index (χ3n) is 6.61. The van der Waals surface area contributed by atoms with E-state index in [2.05, 4.69) is 51.7 Å². The second-order valence-corrected chi connectivity index (χ2v) is 9.40. The van der Waals surface area contributed by atoms with Crippen LogP contribution in [-0.2, 0) is 17.3 Å². The minimum atomic E-state index is 0.168. The smallest absolute Gasteiger partial charge is 0.164 e. The summed E-state index contributed by atoms with van der Waals surface area (Å²) in [5, 5.41) is 0. The molecule has 0 spiro atoms. The lowest BCUT2D eigenvalue weighted by Crippen LogP contribution is -2.34. The number of likely N-dealkylation sites (tertiary alicyclic amines) is 1. The van der Waals surface area contributed by atoms with Crippen molar-refractivity contribution in [1.29, 1.82) is 0 Å². The molecule has 0 amide bonds. The molecule has 1 saturated heterocycles. The van der Waals surface area contributed by atoms with E-state index < -0.39 is 0 Å². The van der Waals surface area contributed by atoms with Crippen molar-refractivity contribution in [2.24, 2.45) is 0 Å². The van der Waals surface area contributed by atoms with E-state index in [0.29, 0.717) is 12.2 Å². The molecule has 2 nitrogen and oxygen atoms in total. The van der Waals surface area contributed by atoms with E-state index in [1.807, 2.05) is 0 Å². The first-order valence-corrected chi connectivity index (χ1v) is 10.2. The summed E-state index contributed by atoms with van der Waals surface area (Å²) >= 11 is 0. The zero-order valence-corrected chi connectivity index (χ0v) is 16.9. The standard InChI is InChI=1S/C23H35NO/c1-6-17-15-19-20(23(4,5)11-10-22(19,2)3)16-18(17)21(25)9-14-24-12-7-8-13-24/h15-16H,6-14H2,1-5H3. The summed E-state index contributed by atoms with van der Waals surface area (Å²) in [6.45, 7) is 14.8. The van der Waals surface area contributed by atoms with Crippen LogP contribution in [0, 0.1) is 0 Å². The molecular formula is C23H35NO. The Morgan fingerprint density at radius 2 is 1.56 bits per heavy atom. The number of carbonyl (C=O) groups is 1. The largest absolute Gasteiger partial charge is 0.303 e. The topological polar surface area (TPSA) is 20.3 Å². The molecule has 0 atom stereocenters. The number of hydrogen-bond donors (Lipinski definition) is 0. The Hall–Kier alpha value is -1.15. The molecule has 1 aromatic carbocycles. The molecule has 138 valence electrons. The van der Waals surface area contributed by atoms with E-state index in [0.717, 1.165) is 18.5 Å². The first kappa shape index (κ1) is 18.6. The second kappa shape index (κ2) is 6.87. The molecule has 0 unspecified atom stereocenters. The number of hydrogen-bond acceptors (Lipinski definition) is 2. The molecule has 0 aromatic heterocycles. The average molecular weight is 342 g/mol. The number of ketones is 1. The van der Waals surface area contributed by atoms with Crippen LogP contribution in [-0.4, -0.2) is 30.3 Å². The zero-order valence-electron chi connectivity index (χ0n) is 16.9. The monoisotopic (exact) mass is 341 g/mol. The van der Waals surface area contributed by atoms with Crippen molar-refractivity contribution in [3.63, 3.8) is 0 Å². The fraction of sp³-hybridized carbons (Fsp3) is 0.696. The van der Waals surface area contributed by atoms with Gasteiger partial charge in [-0.2, -0.15) is 0 Å². The lowest BCUT2D eigenvalue weighted by atomic mass is 9.62. The Balaban J connectivity index is 1.92. The fourth-order valence-electron chi connectivity index (χ4n) is 4.61. The van der Waals surface area contributed by atoms with Gasteiger partial charge in [-0.3, -0.25) is 4.79 Å². The van der Waals surface area contributed by atoms with Crippen LogP contribution in [0.3, 0.4) is 0 Å². The lowest BCUT2D eigenvalue weighted by Gasteiger charge is -2.42. The molecule has 1 heterocycles. The average Bonchev–Trinajstić information content (AvgIpc) is 3.09. The minimum Gasteiger partial charge on any atom is -0.303 e. The van der Waals surface area contributed by atoms with Gasteiger partial charge in [-0.1, -0.05) is 40.7 Å². The molecule has 2 heteroatoms. The highest BCUT2D eigenvalue weighted by Crippen LogP contribution is 2.46. The summed E-state index contributed by atoms with van der Waals surface area (Å²) in [5.74, 6) is 0.339. The summed E-state index contributed by atoms with van der Waals surface area (Å²) in [5.41, 5.74) is 5.50. The van der Waals surface area contributed by atoms with Gasteiger partial charge in [0.2, 0.25) is 0 Å². The van der Waals surface area contributed by atoms with Crippen molar-refractivity contribution in [1.82, 2.24) is 4.90 Å². The van der Waals surface area contributed by atoms with E-state index >= 15 is 0 Å². The van der Waals surface area contributed by atoms with Gasteiger partial charge in [0.25, 0.3) is 0 Å². The highest BCUT2D eigenvalue weighted by molar-refractivity contribution is 5.98. The summed E-state index contributed by atoms with van der Waals surface area (Å²) in [6.07, 6.45) is 6.59. The van der Waals surface area contributed by atoms with Gasteiger partial charge >= 0.3 is 0 Å². The van der Waals surface area contributed by atoms with E-state index in [9.17, 15) is 4.79 Å². The van der Waals surface area contributed by atoms with Gasteiger partial charge in [0, 0.05) is 18.5 Å². The molecule has 1 fully saturated rings. The van der Waals surface area contributed by atoms with Crippen LogP contribution >= 0.6 is 0 Å². The summed E-state index contributed by atoms with van der Waals surface area (Å²) in [7, 11) is 0. The molecular weight excluding hydrogens is 306 g/mol. The minimum absolute atomic E-state index is 0.168. The van der Waals surface area contributed by atoms with Gasteiger partial charge in [0.15, 0.2) is 5.78 Å². The fourth-order valence-corrected chi connectivity index (χ4v) is 4.61. The maximum atomic E-state index is 13.0. The molecule has 2 aliphatic rings. The van der Waals surface area contributed by atoms with Gasteiger partial charge in [-0.05, 0) is 78.8 Å². The molecule has 0 N–H and O–H groups in total. The number of rotatable bonds is 5. The van der Waals surface area contributed by atoms with Crippen molar-refractivity contribution in [3.8, 4) is 0 Å². The SMILES string of the molecule is CCc1cc2c(cc1C(=O)CCN1CCCC1)C(C)(C)CCC2(C)C. The molecule has 1 aliphatic carbocycles. The second-order valence-electron chi connectivity index (χ2n) is 9.40. The van der Waals surface area contributed by atoms with Crippen LogP contribution < -0.4 is 0 Å². The van der Waals surface area contributed by atoms with E-state index in [-0.39, 0.29) is 10.8 Å². The first-order chi connectivity index (χ1) is 11.7. The molecule has 0 radical (unpaired) electrons. The number of carbonyl (C=O) groups excluding carboxylic acids is 1. The number of nitrogens with zero attached hydrogens (tertiary/aromatic N) is 1. The van der Waals surface area contributed by atoms with Crippen LogP contribution in [0.15, 0.2) is 12.1 Å². The zero-order chi connectivity index (χ0) is 18.2. The van der Waals surface area contributed by atoms with Crippen molar-refractivity contribution in [2.45, 2.75) is 84.0 Å². The Kier molecular flexibility index (Phi) is 5.12. The Morgan fingerprint density at radius 3 is 2.12 bits per heavy atom. The predicted molar refractivity (Wildman–Crippen MR) is 106 cm³/mol. The van der Waals surface area contributed by atoms with Crippen LogP contribution in [0.1, 0.15) is 93.8 Å². The van der Waals surface area contributed by atoms with E-state index in [1.165, 1.54) is 55.5 Å². The number of benzene rings is 1. The normalized spacial score (nSPS) is 22.0. The predicted octanol–water partition coefficient (Wildman–Crippen LogP) is 5.27. The van der Waals surface area contributed by atoms with Gasteiger partial charge in [0.05, 0.1) is 0 Å². The van der Waals surface area contributed by atoms with E-state index in [4.69, 9.17) is 0 Å². The lowest BCUT2D eigenvalue weighted by molar-refractivity contribution is 0.0967. The summed E-state index contributed by atoms with van der Waals surface area (Å²) in [6, 6.07) is 4.63. The molecule has 0 bridgehead atoms. The van der Waals surface area contributed by atoms with Crippen molar-refractivity contribution in [2.75, 3.05) is 19.6 Å². The number of aryl methyl sites for hydroxylation is 1. The van der Waals surface area contributed by atoms with Crippen molar-refractivity contribution < 1.29 is 4.79 Å². The van der Waals surface area contributed by atoms with Crippen LogP contribution in [0.4, 0.5) is 0 Å². The van der Waals surface area contributed by atoms with Gasteiger partial charge < -0.3 is 4.90 Å². The van der Waals surface area contributed by atoms with Gasteiger partial charge in [-0.25, -0.2) is 0 Å². The third-order valence-corrected chi connectivity index (χ3v) is 6.61. The highest BCUT2D eigenvalue weighted by Gasteiger charge is 2.38. The Bertz CT molecular complexity index is 650. The number of Topliss-reactive ketones (excluding diaryl/α,β-unsaturated/α-hetero) is 1. The maximum absolute atomic E-state index is 13.0. The van der Waals surface area contributed by atoms with E-state index in [1.54, 1.807) is 0 Å². The van der Waals surface area contributed by atoms with Crippen LogP contribution in [0.25, 0.3) is 0 Å². The van der Waals surface area contributed by atoms with Gasteiger partial charge in [-0.15, -0.1) is 0 Å². The summed E-state index contributed by atoms with van der Waals surface area (Å²) < 4.78 is 0. The molecule has 3 rings (SSSR count). The van der Waals surface area contributed by atoms with Gasteiger partial charge in [0.1, 0.15) is 0 Å². The van der Waals surface area contributed by atoms with Crippen LogP contribution in [0.5, 0.6) is 0 Å². The van der Waals surface area contributed by atoms with Crippen molar-refractivity contribution in [3.05, 3.63) is 34.4 Å². The Labute approximate surface area is 154 Å². The summed E-state index contributed by atoms with van der Waals surface area (Å²) in [4.78, 5) is 15.5. The molecule has 1 aliphatic heterocycles. The first-order valence-electron chi connectivity index (χ1n) is 10.2. The Morgan fingerprint density at radius 1 is 1.00 bits per heavy atom. The highest BCUT2D eigenvalue weighted by atomic mass is 16.1. The quantitative estimate of drug-likeness (QED) is 0.680. The van der Waals surface area contributed by atoms with Crippen LogP contribution in [0.2, 0.25) is 0 Å². The molecule has 0 saturated carbocycles. The van der Waals surface area contributed by atoms with Crippen molar-refractivity contribution >= 4 is 5.78 Å². The third kappa shape index (κ3) is 3.69. The molecule has 25 heavy (non-hydrogen) atoms. The number of fused-ring (bicyclic) bond motifs is 1.